The predicted octanol–water partition coefficient (Wildman–Crippen LogP) is 5.13. The Labute approximate surface area is 142 Å². The number of nitrogens with one attached hydrogen (secondary N) is 1. The third-order valence-corrected chi connectivity index (χ3v) is 3.90. The van der Waals surface area contributed by atoms with Crippen molar-refractivity contribution >= 4 is 11.6 Å². The van der Waals surface area contributed by atoms with E-state index in [2.05, 4.69) is 24.4 Å². The standard InChI is InChI=1S/C21H21NO2/c1-15-6-8-17(9-7-15)20-12-10-19(24-20)11-13-21(23)22-18-5-3-4-16(2)14-18/h3-10,12,14H,11,13H2,1-2H3,(H,22,23). The third kappa shape index (κ3) is 4.13. The van der Waals surface area contributed by atoms with Crippen LogP contribution in [0, 0.1) is 13.8 Å². The van der Waals surface area contributed by atoms with Crippen LogP contribution in [0.25, 0.3) is 11.3 Å². The monoisotopic (exact) mass is 319 g/mol. The Kier molecular flexibility index (Phi) is 4.80. The molecule has 0 atom stereocenters. The molecule has 0 aliphatic rings. The van der Waals surface area contributed by atoms with Crippen LogP contribution in [0.5, 0.6) is 0 Å². The lowest BCUT2D eigenvalue weighted by Gasteiger charge is -2.05. The average molecular weight is 319 g/mol. The molecule has 1 N–H and O–H groups in total. The van der Waals surface area contributed by atoms with Crippen molar-refractivity contribution in [2.75, 3.05) is 5.32 Å². The van der Waals surface area contributed by atoms with Gasteiger partial charge in [-0.3, -0.25) is 4.79 Å². The molecule has 0 saturated carbocycles. The number of furan rings is 1. The van der Waals surface area contributed by atoms with Gasteiger partial charge in [-0.25, -0.2) is 0 Å². The molecule has 1 amide bonds. The highest BCUT2D eigenvalue weighted by Crippen LogP contribution is 2.23. The number of rotatable bonds is 5. The Morgan fingerprint density at radius 3 is 2.50 bits per heavy atom. The van der Waals surface area contributed by atoms with Crippen molar-refractivity contribution in [3.8, 4) is 11.3 Å². The zero-order chi connectivity index (χ0) is 16.9. The molecular weight excluding hydrogens is 298 g/mol. The fraction of sp³-hybridized carbons (Fsp3) is 0.190. The van der Waals surface area contributed by atoms with E-state index < -0.39 is 0 Å². The highest BCUT2D eigenvalue weighted by Gasteiger charge is 2.08. The number of carbonyl (C=O) groups is 1. The fourth-order valence-corrected chi connectivity index (χ4v) is 2.57. The number of anilines is 1. The summed E-state index contributed by atoms with van der Waals surface area (Å²) in [5.41, 5.74) is 4.23. The molecule has 0 saturated heterocycles. The number of aryl methyl sites for hydroxylation is 3. The molecule has 0 fully saturated rings. The Balaban J connectivity index is 1.57. The van der Waals surface area contributed by atoms with Gasteiger partial charge in [-0.1, -0.05) is 42.0 Å². The van der Waals surface area contributed by atoms with Gasteiger partial charge < -0.3 is 9.73 Å². The minimum absolute atomic E-state index is 0.00566. The van der Waals surface area contributed by atoms with Crippen LogP contribution in [-0.4, -0.2) is 5.91 Å². The second-order valence-electron chi connectivity index (χ2n) is 6.05. The zero-order valence-corrected chi connectivity index (χ0v) is 14.0. The van der Waals surface area contributed by atoms with Crippen molar-refractivity contribution < 1.29 is 9.21 Å². The third-order valence-electron chi connectivity index (χ3n) is 3.90. The first kappa shape index (κ1) is 16.1. The molecule has 1 aromatic heterocycles. The summed E-state index contributed by atoms with van der Waals surface area (Å²) < 4.78 is 5.85. The summed E-state index contributed by atoms with van der Waals surface area (Å²) in [4.78, 5) is 12.1. The molecule has 0 unspecified atom stereocenters. The minimum atomic E-state index is -0.00566. The van der Waals surface area contributed by atoms with Crippen LogP contribution < -0.4 is 5.32 Å². The molecule has 0 aliphatic carbocycles. The SMILES string of the molecule is Cc1ccc(-c2ccc(CCC(=O)Nc3cccc(C)c3)o2)cc1. The Morgan fingerprint density at radius 2 is 1.75 bits per heavy atom. The van der Waals surface area contributed by atoms with Crippen molar-refractivity contribution in [1.29, 1.82) is 0 Å². The van der Waals surface area contributed by atoms with Crippen molar-refractivity contribution in [1.82, 2.24) is 0 Å². The normalized spacial score (nSPS) is 10.6. The maximum atomic E-state index is 12.1. The van der Waals surface area contributed by atoms with Gasteiger partial charge in [0.25, 0.3) is 0 Å². The van der Waals surface area contributed by atoms with Crippen LogP contribution in [0.15, 0.2) is 65.1 Å². The highest BCUT2D eigenvalue weighted by molar-refractivity contribution is 5.90. The topological polar surface area (TPSA) is 42.2 Å². The van der Waals surface area contributed by atoms with Crippen LogP contribution in [0.3, 0.4) is 0 Å². The van der Waals surface area contributed by atoms with Crippen molar-refractivity contribution in [3.05, 3.63) is 77.6 Å². The molecule has 0 aliphatic heterocycles. The quantitative estimate of drug-likeness (QED) is 0.708. The Bertz CT molecular complexity index is 831. The van der Waals surface area contributed by atoms with Gasteiger partial charge in [0.15, 0.2) is 0 Å². The molecule has 3 nitrogen and oxygen atoms in total. The molecule has 0 radical (unpaired) electrons. The number of carbonyl (C=O) groups excluding carboxylic acids is 1. The molecule has 24 heavy (non-hydrogen) atoms. The van der Waals surface area contributed by atoms with E-state index in [-0.39, 0.29) is 5.91 Å². The largest absolute Gasteiger partial charge is 0.461 e. The van der Waals surface area contributed by atoms with E-state index in [1.54, 1.807) is 0 Å². The number of benzene rings is 2. The van der Waals surface area contributed by atoms with Gasteiger partial charge in [-0.15, -0.1) is 0 Å². The van der Waals surface area contributed by atoms with E-state index in [0.29, 0.717) is 12.8 Å². The Hall–Kier alpha value is -2.81. The van der Waals surface area contributed by atoms with E-state index in [1.165, 1.54) is 5.56 Å². The summed E-state index contributed by atoms with van der Waals surface area (Å²) >= 11 is 0. The van der Waals surface area contributed by atoms with Gasteiger partial charge in [0.1, 0.15) is 11.5 Å². The van der Waals surface area contributed by atoms with Crippen LogP contribution >= 0.6 is 0 Å². The van der Waals surface area contributed by atoms with Crippen LogP contribution in [-0.2, 0) is 11.2 Å². The second-order valence-corrected chi connectivity index (χ2v) is 6.05. The molecule has 122 valence electrons. The van der Waals surface area contributed by atoms with Crippen molar-refractivity contribution in [2.24, 2.45) is 0 Å². The molecule has 0 spiro atoms. The summed E-state index contributed by atoms with van der Waals surface area (Å²) in [5, 5.41) is 2.92. The number of amides is 1. The molecule has 3 aromatic rings. The lowest BCUT2D eigenvalue weighted by molar-refractivity contribution is -0.116. The molecule has 3 rings (SSSR count). The average Bonchev–Trinajstić information content (AvgIpc) is 3.03. The van der Waals surface area contributed by atoms with Crippen LogP contribution in [0.1, 0.15) is 23.3 Å². The van der Waals surface area contributed by atoms with Crippen molar-refractivity contribution in [2.45, 2.75) is 26.7 Å². The summed E-state index contributed by atoms with van der Waals surface area (Å²) in [6, 6.07) is 19.9. The van der Waals surface area contributed by atoms with E-state index in [9.17, 15) is 4.79 Å². The van der Waals surface area contributed by atoms with Gasteiger partial charge in [0.2, 0.25) is 5.91 Å². The molecule has 0 bridgehead atoms. The maximum absolute atomic E-state index is 12.1. The minimum Gasteiger partial charge on any atom is -0.461 e. The van der Waals surface area contributed by atoms with Crippen LogP contribution in [0.4, 0.5) is 5.69 Å². The first-order valence-electron chi connectivity index (χ1n) is 8.12. The van der Waals surface area contributed by atoms with Gasteiger partial charge in [-0.05, 0) is 43.7 Å². The summed E-state index contributed by atoms with van der Waals surface area (Å²) in [5.74, 6) is 1.66. The second kappa shape index (κ2) is 7.18. The molecule has 2 aromatic carbocycles. The van der Waals surface area contributed by atoms with E-state index in [0.717, 1.165) is 28.3 Å². The van der Waals surface area contributed by atoms with Gasteiger partial charge >= 0.3 is 0 Å². The molecule has 3 heteroatoms. The van der Waals surface area contributed by atoms with E-state index >= 15 is 0 Å². The van der Waals surface area contributed by atoms with E-state index in [1.807, 2.05) is 55.5 Å². The number of hydrogen-bond donors (Lipinski definition) is 1. The lowest BCUT2D eigenvalue weighted by atomic mass is 10.1. The number of hydrogen-bond acceptors (Lipinski definition) is 2. The van der Waals surface area contributed by atoms with Crippen LogP contribution in [0.2, 0.25) is 0 Å². The Morgan fingerprint density at radius 1 is 0.958 bits per heavy atom. The smallest absolute Gasteiger partial charge is 0.224 e. The van der Waals surface area contributed by atoms with Gasteiger partial charge in [-0.2, -0.15) is 0 Å². The first-order chi connectivity index (χ1) is 11.6. The maximum Gasteiger partial charge on any atom is 0.224 e. The van der Waals surface area contributed by atoms with Gasteiger partial charge in [0.05, 0.1) is 0 Å². The summed E-state index contributed by atoms with van der Waals surface area (Å²) in [6.07, 6.45) is 0.984. The van der Waals surface area contributed by atoms with Gasteiger partial charge in [0, 0.05) is 24.1 Å². The first-order valence-corrected chi connectivity index (χ1v) is 8.12. The highest BCUT2D eigenvalue weighted by atomic mass is 16.3. The molecule has 1 heterocycles. The lowest BCUT2D eigenvalue weighted by Crippen LogP contribution is -2.12. The molecular formula is C21H21NO2. The summed E-state index contributed by atoms with van der Waals surface area (Å²) in [6.45, 7) is 4.06. The fourth-order valence-electron chi connectivity index (χ4n) is 2.57. The van der Waals surface area contributed by atoms with Crippen molar-refractivity contribution in [3.63, 3.8) is 0 Å². The zero-order valence-electron chi connectivity index (χ0n) is 14.0. The van der Waals surface area contributed by atoms with E-state index in [4.69, 9.17) is 4.42 Å². The summed E-state index contributed by atoms with van der Waals surface area (Å²) in [7, 11) is 0. The predicted molar refractivity (Wildman–Crippen MR) is 97.0 cm³/mol.